The Morgan fingerprint density at radius 2 is 1.82 bits per heavy atom. The molecule has 0 bridgehead atoms. The van der Waals surface area contributed by atoms with Crippen molar-refractivity contribution in [2.45, 2.75) is 96.9 Å². The summed E-state index contributed by atoms with van der Waals surface area (Å²) in [4.78, 5) is 13.6. The Balaban J connectivity index is 1.18. The Bertz CT molecular complexity index is 931. The molecule has 6 rings (SSSR count). The zero-order chi connectivity index (χ0) is 23.3. The van der Waals surface area contributed by atoms with Crippen LogP contribution < -0.4 is 0 Å². The highest BCUT2D eigenvalue weighted by Crippen LogP contribution is 2.66. The van der Waals surface area contributed by atoms with Gasteiger partial charge in [-0.25, -0.2) is 0 Å². The van der Waals surface area contributed by atoms with Crippen LogP contribution in [0.2, 0.25) is 0 Å². The fraction of sp³-hybridized carbons (Fsp3) is 0.710. The number of fused-ring (bicyclic) bond motifs is 5. The van der Waals surface area contributed by atoms with Gasteiger partial charge in [0.1, 0.15) is 0 Å². The van der Waals surface area contributed by atoms with Crippen molar-refractivity contribution in [3.8, 4) is 0 Å². The van der Waals surface area contributed by atoms with Crippen molar-refractivity contribution < 1.29 is 14.3 Å². The maximum absolute atomic E-state index is 13.6. The number of allylic oxidation sites excluding steroid dienone is 1. The number of hydrogen-bond donors (Lipinski definition) is 0. The van der Waals surface area contributed by atoms with E-state index in [1.165, 1.54) is 56.9 Å². The van der Waals surface area contributed by atoms with E-state index < -0.39 is 0 Å². The first-order valence-electron chi connectivity index (χ1n) is 14.0. The highest BCUT2D eigenvalue weighted by atomic mass is 16.7. The molecule has 1 heterocycles. The second-order valence-corrected chi connectivity index (χ2v) is 12.6. The summed E-state index contributed by atoms with van der Waals surface area (Å²) in [7, 11) is 0. The zero-order valence-electron chi connectivity index (χ0n) is 21.1. The van der Waals surface area contributed by atoms with Gasteiger partial charge in [-0.2, -0.15) is 0 Å². The van der Waals surface area contributed by atoms with Crippen LogP contribution in [-0.2, 0) is 14.3 Å². The van der Waals surface area contributed by atoms with Crippen molar-refractivity contribution >= 4 is 11.9 Å². The molecule has 4 saturated carbocycles. The van der Waals surface area contributed by atoms with E-state index in [4.69, 9.17) is 9.47 Å². The van der Waals surface area contributed by atoms with Crippen molar-refractivity contribution in [1.29, 1.82) is 0 Å². The molecule has 0 radical (unpaired) electrons. The molecule has 8 atom stereocenters. The summed E-state index contributed by atoms with van der Waals surface area (Å²) in [6.45, 7) is 5.76. The van der Waals surface area contributed by atoms with Crippen molar-refractivity contribution in [1.82, 2.24) is 0 Å². The van der Waals surface area contributed by atoms with E-state index in [0.717, 1.165) is 43.3 Å². The molecule has 1 aromatic carbocycles. The van der Waals surface area contributed by atoms with Crippen LogP contribution in [0, 0.1) is 34.5 Å². The van der Waals surface area contributed by atoms with Gasteiger partial charge >= 0.3 is 0 Å². The first-order chi connectivity index (χ1) is 16.5. The van der Waals surface area contributed by atoms with Crippen LogP contribution in [0.5, 0.6) is 0 Å². The summed E-state index contributed by atoms with van der Waals surface area (Å²) in [5.41, 5.74) is 2.51. The van der Waals surface area contributed by atoms with Gasteiger partial charge < -0.3 is 9.47 Å². The molecular formula is C31H42O3. The summed E-state index contributed by atoms with van der Waals surface area (Å²) in [6, 6.07) is 10.4. The topological polar surface area (TPSA) is 35.5 Å². The molecule has 34 heavy (non-hydrogen) atoms. The lowest BCUT2D eigenvalue weighted by Crippen LogP contribution is -2.54. The molecule has 5 aliphatic rings. The highest BCUT2D eigenvalue weighted by molar-refractivity contribution is 6.05. The molecule has 5 fully saturated rings. The maximum atomic E-state index is 13.6. The fourth-order valence-corrected chi connectivity index (χ4v) is 8.93. The van der Waals surface area contributed by atoms with Crippen molar-refractivity contribution in [2.75, 3.05) is 6.61 Å². The average molecular weight is 463 g/mol. The minimum atomic E-state index is -0.149. The first kappa shape index (κ1) is 23.0. The van der Waals surface area contributed by atoms with Crippen LogP contribution in [0.25, 0.3) is 6.08 Å². The normalized spacial score (nSPS) is 45.5. The third-order valence-corrected chi connectivity index (χ3v) is 10.9. The molecule has 1 aromatic rings. The molecule has 1 aliphatic heterocycles. The molecule has 0 unspecified atom stereocenters. The Kier molecular flexibility index (Phi) is 6.01. The van der Waals surface area contributed by atoms with Crippen LogP contribution in [0.4, 0.5) is 0 Å². The third kappa shape index (κ3) is 3.82. The summed E-state index contributed by atoms with van der Waals surface area (Å²) in [6.07, 6.45) is 15.6. The highest BCUT2D eigenvalue weighted by Gasteiger charge is 2.61. The number of carbonyl (C=O) groups is 1. The van der Waals surface area contributed by atoms with Crippen LogP contribution in [0.15, 0.2) is 35.9 Å². The second-order valence-electron chi connectivity index (χ2n) is 12.6. The van der Waals surface area contributed by atoms with Gasteiger partial charge in [-0.3, -0.25) is 4.79 Å². The lowest BCUT2D eigenvalue weighted by molar-refractivity contribution is -0.211. The molecule has 184 valence electrons. The summed E-state index contributed by atoms with van der Waals surface area (Å²) in [5, 5.41) is 0. The van der Waals surface area contributed by atoms with E-state index in [0.29, 0.717) is 29.1 Å². The van der Waals surface area contributed by atoms with Gasteiger partial charge in [-0.1, -0.05) is 44.2 Å². The van der Waals surface area contributed by atoms with Gasteiger partial charge in [0.05, 0.1) is 6.10 Å². The summed E-state index contributed by atoms with van der Waals surface area (Å²) >= 11 is 0. The Morgan fingerprint density at radius 3 is 2.62 bits per heavy atom. The van der Waals surface area contributed by atoms with E-state index in [9.17, 15) is 4.79 Å². The zero-order valence-corrected chi connectivity index (χ0v) is 21.1. The predicted molar refractivity (Wildman–Crippen MR) is 135 cm³/mol. The van der Waals surface area contributed by atoms with Crippen LogP contribution in [-0.4, -0.2) is 24.8 Å². The number of Topliss-reactive ketones (excluding diaryl/α,β-unsaturated/α-hetero) is 1. The largest absolute Gasteiger partial charge is 0.353 e. The average Bonchev–Trinajstić information content (AvgIpc) is 3.11. The molecule has 0 spiro atoms. The number of rotatable bonds is 3. The lowest BCUT2D eigenvalue weighted by atomic mass is 9.45. The smallest absolute Gasteiger partial charge is 0.165 e. The standard InChI is InChI=1S/C31H42O3/c1-30-15-13-24(34-28-10-6-7-17-33-28)20-23(30)11-12-25-26(30)14-16-31(2)27(25)19-22(29(31)32)18-21-8-4-3-5-9-21/h3-5,8-9,18,23-28H,6-7,10-17,19-20H2,1-2H3/b22-18+/t23-,24+,25+,26-,27-,28-,30-,31-/m0/s1. The van der Waals surface area contributed by atoms with Crippen LogP contribution in [0.3, 0.4) is 0 Å². The number of ketones is 1. The number of hydrogen-bond acceptors (Lipinski definition) is 3. The molecule has 0 amide bonds. The van der Waals surface area contributed by atoms with Crippen molar-refractivity contribution in [3.63, 3.8) is 0 Å². The van der Waals surface area contributed by atoms with Crippen molar-refractivity contribution in [3.05, 3.63) is 41.5 Å². The van der Waals surface area contributed by atoms with E-state index in [1.807, 2.05) is 6.07 Å². The summed E-state index contributed by atoms with van der Waals surface area (Å²) in [5.74, 6) is 3.19. The summed E-state index contributed by atoms with van der Waals surface area (Å²) < 4.78 is 12.3. The first-order valence-corrected chi connectivity index (χ1v) is 14.0. The minimum Gasteiger partial charge on any atom is -0.353 e. The van der Waals surface area contributed by atoms with E-state index in [-0.39, 0.29) is 11.7 Å². The minimum absolute atomic E-state index is 0.0363. The van der Waals surface area contributed by atoms with Gasteiger partial charge in [-0.05, 0) is 117 Å². The van der Waals surface area contributed by atoms with E-state index in [2.05, 4.69) is 44.2 Å². The second kappa shape index (κ2) is 8.89. The SMILES string of the molecule is C[C@]12CC[C@@H](O[C@H]3CCCCO3)C[C@@H]1CC[C@@H]1[C@@H]2CC[C@]2(C)C(=O)/C(=C/c3ccccc3)C[C@@H]12. The third-order valence-electron chi connectivity index (χ3n) is 10.9. The monoisotopic (exact) mass is 462 g/mol. The molecule has 3 heteroatoms. The van der Waals surface area contributed by atoms with Gasteiger partial charge in [0, 0.05) is 12.0 Å². The quantitative estimate of drug-likeness (QED) is 0.352. The lowest BCUT2D eigenvalue weighted by Gasteiger charge is -2.60. The van der Waals surface area contributed by atoms with E-state index >= 15 is 0 Å². The number of ether oxygens (including phenoxy) is 2. The van der Waals surface area contributed by atoms with Gasteiger partial charge in [-0.15, -0.1) is 0 Å². The van der Waals surface area contributed by atoms with Crippen LogP contribution in [0.1, 0.15) is 90.0 Å². The van der Waals surface area contributed by atoms with Gasteiger partial charge in [0.15, 0.2) is 12.1 Å². The Labute approximate surface area is 205 Å². The Morgan fingerprint density at radius 1 is 0.971 bits per heavy atom. The Hall–Kier alpha value is -1.45. The van der Waals surface area contributed by atoms with Gasteiger partial charge in [0.2, 0.25) is 0 Å². The molecule has 0 N–H and O–H groups in total. The number of benzene rings is 1. The molecule has 0 aromatic heterocycles. The van der Waals surface area contributed by atoms with Crippen LogP contribution >= 0.6 is 0 Å². The fourth-order valence-electron chi connectivity index (χ4n) is 8.93. The van der Waals surface area contributed by atoms with Gasteiger partial charge in [0.25, 0.3) is 0 Å². The molecular weight excluding hydrogens is 420 g/mol. The molecule has 1 saturated heterocycles. The van der Waals surface area contributed by atoms with Crippen molar-refractivity contribution in [2.24, 2.45) is 34.5 Å². The molecule has 4 aliphatic carbocycles. The molecule has 3 nitrogen and oxygen atoms in total. The maximum Gasteiger partial charge on any atom is 0.165 e. The predicted octanol–water partition coefficient (Wildman–Crippen LogP) is 7.20. The number of carbonyl (C=O) groups excluding carboxylic acids is 1. The van der Waals surface area contributed by atoms with E-state index in [1.54, 1.807) is 0 Å².